The molecule has 2 aromatic rings. The fraction of sp³-hybridized carbons (Fsp3) is 0.286. The lowest BCUT2D eigenvalue weighted by atomic mass is 10.2. The third-order valence-corrected chi connectivity index (χ3v) is 6.11. The number of nitrogens with one attached hydrogen (secondary N) is 2. The second-order valence-corrected chi connectivity index (χ2v) is 8.48. The number of hydrogen-bond donors (Lipinski definition) is 2. The Morgan fingerprint density at radius 3 is 2.32 bits per heavy atom. The molecule has 0 atom stereocenters. The van der Waals surface area contributed by atoms with Crippen molar-refractivity contribution >= 4 is 33.6 Å². The van der Waals surface area contributed by atoms with Gasteiger partial charge in [0.25, 0.3) is 15.9 Å². The van der Waals surface area contributed by atoms with E-state index >= 15 is 0 Å². The summed E-state index contributed by atoms with van der Waals surface area (Å²) in [5.74, 6) is -1.83. The van der Waals surface area contributed by atoms with Gasteiger partial charge in [-0.15, -0.1) is 0 Å². The molecule has 31 heavy (non-hydrogen) atoms. The number of hydrogen-bond acceptors (Lipinski definition) is 6. The van der Waals surface area contributed by atoms with E-state index < -0.39 is 34.5 Å². The summed E-state index contributed by atoms with van der Waals surface area (Å²) in [4.78, 5) is 35.6. The van der Waals surface area contributed by atoms with E-state index in [1.54, 1.807) is 30.3 Å². The van der Waals surface area contributed by atoms with Gasteiger partial charge in [0.05, 0.1) is 11.3 Å². The first-order valence-corrected chi connectivity index (χ1v) is 11.1. The molecule has 0 aliphatic carbocycles. The van der Waals surface area contributed by atoms with E-state index in [1.165, 1.54) is 31.3 Å². The molecule has 0 fully saturated rings. The Hall–Kier alpha value is -3.40. The van der Waals surface area contributed by atoms with Crippen molar-refractivity contribution in [3.05, 3.63) is 60.2 Å². The molecule has 9 nitrogen and oxygen atoms in total. The highest BCUT2D eigenvalue weighted by Crippen LogP contribution is 2.24. The van der Waals surface area contributed by atoms with Crippen LogP contribution in [0.2, 0.25) is 0 Å². The second-order valence-electron chi connectivity index (χ2n) is 6.54. The van der Waals surface area contributed by atoms with Crippen LogP contribution < -0.4 is 14.9 Å². The zero-order valence-electron chi connectivity index (χ0n) is 17.3. The predicted molar refractivity (Wildman–Crippen MR) is 115 cm³/mol. The summed E-state index contributed by atoms with van der Waals surface area (Å²) < 4.78 is 32.1. The lowest BCUT2D eigenvalue weighted by molar-refractivity contribution is -0.123. The lowest BCUT2D eigenvalue weighted by Crippen LogP contribution is -2.41. The van der Waals surface area contributed by atoms with Crippen LogP contribution in [0, 0.1) is 0 Å². The third-order valence-electron chi connectivity index (χ3n) is 4.27. The second kappa shape index (κ2) is 11.1. The standard InChI is InChI=1S/C21H25N3O6S/c1-3-4-14-22-21(27)23-19(25)15-30-20(26)17-12-8-9-13-18(17)31(28,29)24(2)16-10-6-5-7-11-16/h5-13H,3-4,14-15H2,1-2H3,(H2,22,23,25,27). The average molecular weight is 448 g/mol. The molecule has 0 aliphatic rings. The number of amides is 3. The van der Waals surface area contributed by atoms with Crippen molar-refractivity contribution in [3.8, 4) is 0 Å². The van der Waals surface area contributed by atoms with E-state index in [0.717, 1.165) is 17.1 Å². The average Bonchev–Trinajstić information content (AvgIpc) is 2.77. The van der Waals surface area contributed by atoms with E-state index in [4.69, 9.17) is 4.74 Å². The Morgan fingerprint density at radius 2 is 1.65 bits per heavy atom. The summed E-state index contributed by atoms with van der Waals surface area (Å²) in [5, 5.41) is 4.53. The van der Waals surface area contributed by atoms with Gasteiger partial charge in [-0.25, -0.2) is 18.0 Å². The molecule has 3 amide bonds. The minimum atomic E-state index is -4.07. The van der Waals surface area contributed by atoms with Crippen molar-refractivity contribution < 1.29 is 27.5 Å². The molecule has 166 valence electrons. The molecule has 0 saturated carbocycles. The van der Waals surface area contributed by atoms with E-state index in [2.05, 4.69) is 5.32 Å². The van der Waals surface area contributed by atoms with Crippen LogP contribution in [-0.2, 0) is 19.6 Å². The molecule has 0 heterocycles. The van der Waals surface area contributed by atoms with Gasteiger partial charge in [0.2, 0.25) is 0 Å². The first kappa shape index (κ1) is 23.9. The summed E-state index contributed by atoms with van der Waals surface area (Å²) in [6.45, 7) is 1.64. The van der Waals surface area contributed by atoms with Gasteiger partial charge in [0, 0.05) is 13.6 Å². The molecule has 0 bridgehead atoms. The molecule has 0 saturated heterocycles. The summed E-state index contributed by atoms with van der Waals surface area (Å²) >= 11 is 0. The number of ether oxygens (including phenoxy) is 1. The molecular formula is C21H25N3O6S. The Morgan fingerprint density at radius 1 is 1.00 bits per heavy atom. The number of imide groups is 1. The van der Waals surface area contributed by atoms with Crippen LogP contribution >= 0.6 is 0 Å². The Labute approximate surface area is 181 Å². The van der Waals surface area contributed by atoms with E-state index in [1.807, 2.05) is 12.2 Å². The number of urea groups is 1. The largest absolute Gasteiger partial charge is 0.452 e. The number of unbranched alkanes of at least 4 members (excludes halogenated alkanes) is 1. The normalized spacial score (nSPS) is 10.8. The van der Waals surface area contributed by atoms with Crippen molar-refractivity contribution in [3.63, 3.8) is 0 Å². The molecule has 0 aliphatic heterocycles. The summed E-state index contributed by atoms with van der Waals surface area (Å²) in [7, 11) is -2.70. The number of anilines is 1. The number of benzene rings is 2. The number of carbonyl (C=O) groups is 3. The molecule has 10 heteroatoms. The molecule has 0 spiro atoms. The van der Waals surface area contributed by atoms with Crippen LogP contribution in [0.15, 0.2) is 59.5 Å². The highest BCUT2D eigenvalue weighted by atomic mass is 32.2. The van der Waals surface area contributed by atoms with Crippen LogP contribution in [0.1, 0.15) is 30.1 Å². The van der Waals surface area contributed by atoms with Crippen molar-refractivity contribution in [2.45, 2.75) is 24.7 Å². The highest BCUT2D eigenvalue weighted by molar-refractivity contribution is 7.92. The number of nitrogens with zero attached hydrogens (tertiary/aromatic N) is 1. The molecule has 2 aromatic carbocycles. The van der Waals surface area contributed by atoms with Gasteiger partial charge in [0.15, 0.2) is 6.61 Å². The van der Waals surface area contributed by atoms with Gasteiger partial charge in [-0.2, -0.15) is 0 Å². The quantitative estimate of drug-likeness (QED) is 0.449. The molecule has 0 radical (unpaired) electrons. The molecular weight excluding hydrogens is 422 g/mol. The summed E-state index contributed by atoms with van der Waals surface area (Å²) in [6.07, 6.45) is 1.65. The number of sulfonamides is 1. The molecule has 2 N–H and O–H groups in total. The number of para-hydroxylation sites is 1. The van der Waals surface area contributed by atoms with Gasteiger partial charge < -0.3 is 10.1 Å². The van der Waals surface area contributed by atoms with Gasteiger partial charge in [-0.1, -0.05) is 43.7 Å². The Kier molecular flexibility index (Phi) is 8.56. The van der Waals surface area contributed by atoms with Crippen LogP contribution in [0.5, 0.6) is 0 Å². The summed E-state index contributed by atoms with van der Waals surface area (Å²) in [6, 6.07) is 13.2. The van der Waals surface area contributed by atoms with Gasteiger partial charge in [0.1, 0.15) is 4.90 Å². The molecule has 2 rings (SSSR count). The maximum Gasteiger partial charge on any atom is 0.340 e. The minimum absolute atomic E-state index is 0.217. The summed E-state index contributed by atoms with van der Waals surface area (Å²) in [5.41, 5.74) is 0.199. The smallest absolute Gasteiger partial charge is 0.340 e. The molecule has 0 aromatic heterocycles. The highest BCUT2D eigenvalue weighted by Gasteiger charge is 2.27. The van der Waals surface area contributed by atoms with E-state index in [-0.39, 0.29) is 10.5 Å². The Balaban J connectivity index is 2.08. The van der Waals surface area contributed by atoms with Gasteiger partial charge in [-0.05, 0) is 30.7 Å². The topological polar surface area (TPSA) is 122 Å². The monoisotopic (exact) mass is 447 g/mol. The number of carbonyl (C=O) groups excluding carboxylic acids is 3. The molecule has 0 unspecified atom stereocenters. The maximum absolute atomic E-state index is 13.1. The fourth-order valence-corrected chi connectivity index (χ4v) is 3.95. The number of rotatable bonds is 9. The lowest BCUT2D eigenvalue weighted by Gasteiger charge is -2.20. The van der Waals surface area contributed by atoms with Crippen molar-refractivity contribution in [2.24, 2.45) is 0 Å². The Bertz CT molecular complexity index is 1020. The van der Waals surface area contributed by atoms with Crippen LogP contribution in [0.25, 0.3) is 0 Å². The van der Waals surface area contributed by atoms with Crippen LogP contribution in [0.4, 0.5) is 10.5 Å². The predicted octanol–water partition coefficient (Wildman–Crippen LogP) is 2.29. The minimum Gasteiger partial charge on any atom is -0.452 e. The fourth-order valence-electron chi connectivity index (χ4n) is 2.58. The van der Waals surface area contributed by atoms with E-state index in [0.29, 0.717) is 12.2 Å². The zero-order chi connectivity index (χ0) is 22.9. The third kappa shape index (κ3) is 6.54. The van der Waals surface area contributed by atoms with Gasteiger partial charge >= 0.3 is 12.0 Å². The van der Waals surface area contributed by atoms with Crippen molar-refractivity contribution in [2.75, 3.05) is 24.5 Å². The SMILES string of the molecule is CCCCNC(=O)NC(=O)COC(=O)c1ccccc1S(=O)(=O)N(C)c1ccccc1. The van der Waals surface area contributed by atoms with Crippen molar-refractivity contribution in [1.82, 2.24) is 10.6 Å². The van der Waals surface area contributed by atoms with Crippen LogP contribution in [-0.4, -0.2) is 46.5 Å². The van der Waals surface area contributed by atoms with E-state index in [9.17, 15) is 22.8 Å². The first-order chi connectivity index (χ1) is 14.8. The van der Waals surface area contributed by atoms with Crippen LogP contribution in [0.3, 0.4) is 0 Å². The zero-order valence-corrected chi connectivity index (χ0v) is 18.1. The maximum atomic E-state index is 13.1. The first-order valence-electron chi connectivity index (χ1n) is 9.65. The number of esters is 1. The van der Waals surface area contributed by atoms with Crippen molar-refractivity contribution in [1.29, 1.82) is 0 Å². The van der Waals surface area contributed by atoms with Gasteiger partial charge in [-0.3, -0.25) is 14.4 Å².